The largest absolute Gasteiger partial charge is 0.357 e. The third-order valence-corrected chi connectivity index (χ3v) is 3.92. The van der Waals surface area contributed by atoms with E-state index in [9.17, 15) is 0 Å². The summed E-state index contributed by atoms with van der Waals surface area (Å²) in [7, 11) is 3.80. The Morgan fingerprint density at radius 1 is 1.04 bits per heavy atom. The normalized spacial score (nSPS) is 10.9. The van der Waals surface area contributed by atoms with Crippen LogP contribution in [0, 0.1) is 0 Å². The summed E-state index contributed by atoms with van der Waals surface area (Å²) in [5, 5.41) is 6.68. The molecule has 0 aliphatic heterocycles. The number of pyridine rings is 1. The van der Waals surface area contributed by atoms with Gasteiger partial charge in [0.1, 0.15) is 0 Å². The molecule has 0 amide bonds. The van der Waals surface area contributed by atoms with Crippen molar-refractivity contribution in [1.82, 2.24) is 20.2 Å². The molecular formula is C20H24IN5. The number of halogens is 1. The summed E-state index contributed by atoms with van der Waals surface area (Å²) >= 11 is 0. The van der Waals surface area contributed by atoms with Gasteiger partial charge in [-0.25, -0.2) is 0 Å². The van der Waals surface area contributed by atoms with Gasteiger partial charge in [0.25, 0.3) is 0 Å². The Morgan fingerprint density at radius 2 is 1.85 bits per heavy atom. The minimum atomic E-state index is 0. The molecule has 2 aromatic heterocycles. The van der Waals surface area contributed by atoms with E-state index in [0.717, 1.165) is 23.8 Å². The number of nitrogens with zero attached hydrogens (tertiary/aromatic N) is 3. The molecule has 6 heteroatoms. The number of hydrogen-bond acceptors (Lipinski definition) is 2. The molecule has 0 aliphatic rings. The lowest BCUT2D eigenvalue weighted by Gasteiger charge is -2.12. The maximum atomic E-state index is 4.41. The van der Waals surface area contributed by atoms with Crippen LogP contribution in [0.1, 0.15) is 11.1 Å². The lowest BCUT2D eigenvalue weighted by atomic mass is 10.1. The fourth-order valence-corrected chi connectivity index (χ4v) is 2.63. The third kappa shape index (κ3) is 5.59. The molecule has 0 saturated carbocycles. The van der Waals surface area contributed by atoms with Crippen molar-refractivity contribution in [3.63, 3.8) is 0 Å². The zero-order valence-electron chi connectivity index (χ0n) is 15.0. The van der Waals surface area contributed by atoms with E-state index in [-0.39, 0.29) is 24.0 Å². The fourth-order valence-electron chi connectivity index (χ4n) is 2.63. The van der Waals surface area contributed by atoms with Crippen LogP contribution in [-0.2, 0) is 20.1 Å². The van der Waals surface area contributed by atoms with Gasteiger partial charge in [0.15, 0.2) is 5.96 Å². The Hall–Kier alpha value is -2.35. The fraction of sp³-hybridized carbons (Fsp3) is 0.200. The molecule has 2 N–H and O–H groups in total. The van der Waals surface area contributed by atoms with Gasteiger partial charge in [-0.1, -0.05) is 24.3 Å². The van der Waals surface area contributed by atoms with Gasteiger partial charge in [0.2, 0.25) is 0 Å². The van der Waals surface area contributed by atoms with E-state index in [1.807, 2.05) is 42.2 Å². The Labute approximate surface area is 171 Å². The Balaban J connectivity index is 0.00000243. The molecule has 0 radical (unpaired) electrons. The summed E-state index contributed by atoms with van der Waals surface area (Å²) in [5.41, 5.74) is 4.51. The number of aromatic nitrogens is 2. The van der Waals surface area contributed by atoms with Crippen molar-refractivity contribution in [3.8, 4) is 11.3 Å². The van der Waals surface area contributed by atoms with Gasteiger partial charge in [-0.15, -0.1) is 24.0 Å². The second-order valence-electron chi connectivity index (χ2n) is 5.88. The van der Waals surface area contributed by atoms with Gasteiger partial charge in [-0.05, 0) is 35.4 Å². The highest BCUT2D eigenvalue weighted by Crippen LogP contribution is 2.17. The van der Waals surface area contributed by atoms with Crippen molar-refractivity contribution in [3.05, 3.63) is 78.2 Å². The monoisotopic (exact) mass is 461 g/mol. The first kappa shape index (κ1) is 20.0. The van der Waals surface area contributed by atoms with Crippen molar-refractivity contribution in [2.75, 3.05) is 7.05 Å². The molecule has 0 bridgehead atoms. The van der Waals surface area contributed by atoms with Crippen LogP contribution in [0.25, 0.3) is 11.3 Å². The van der Waals surface area contributed by atoms with Crippen LogP contribution < -0.4 is 10.6 Å². The molecule has 26 heavy (non-hydrogen) atoms. The van der Waals surface area contributed by atoms with Crippen molar-refractivity contribution in [2.24, 2.45) is 12.0 Å². The standard InChI is InChI=1S/C20H23N5.HI/c1-21-20(24-14-17-9-11-25(2)15-17)23-13-16-6-5-7-18(12-16)19-8-3-4-10-22-19;/h3-12,15H,13-14H2,1-2H3,(H2,21,23,24);1H. The predicted molar refractivity (Wildman–Crippen MR) is 118 cm³/mol. The molecule has 1 aromatic carbocycles. The minimum absolute atomic E-state index is 0. The molecule has 0 fully saturated rings. The van der Waals surface area contributed by atoms with E-state index in [4.69, 9.17) is 0 Å². The first-order chi connectivity index (χ1) is 12.2. The van der Waals surface area contributed by atoms with E-state index in [0.29, 0.717) is 6.54 Å². The van der Waals surface area contributed by atoms with Crippen LogP contribution in [0.5, 0.6) is 0 Å². The molecule has 136 valence electrons. The van der Waals surface area contributed by atoms with Crippen LogP contribution in [0.2, 0.25) is 0 Å². The molecule has 5 nitrogen and oxygen atoms in total. The first-order valence-electron chi connectivity index (χ1n) is 8.30. The average Bonchev–Trinajstić information content (AvgIpc) is 3.08. The number of aliphatic imine (C=N–C) groups is 1. The van der Waals surface area contributed by atoms with Gasteiger partial charge in [-0.3, -0.25) is 9.98 Å². The maximum absolute atomic E-state index is 4.41. The molecule has 0 aliphatic carbocycles. The van der Waals surface area contributed by atoms with Gasteiger partial charge >= 0.3 is 0 Å². The van der Waals surface area contributed by atoms with E-state index in [2.05, 4.69) is 57.1 Å². The highest BCUT2D eigenvalue weighted by Gasteiger charge is 2.02. The van der Waals surface area contributed by atoms with Crippen molar-refractivity contribution in [2.45, 2.75) is 13.1 Å². The topological polar surface area (TPSA) is 54.2 Å². The summed E-state index contributed by atoms with van der Waals surface area (Å²) in [6, 6.07) is 16.4. The SMILES string of the molecule is CN=C(NCc1cccc(-c2ccccn2)c1)NCc1ccn(C)c1.I. The molecule has 3 aromatic rings. The van der Waals surface area contributed by atoms with Crippen LogP contribution in [-0.4, -0.2) is 22.6 Å². The molecule has 2 heterocycles. The molecule has 0 atom stereocenters. The van der Waals surface area contributed by atoms with Crippen molar-refractivity contribution >= 4 is 29.9 Å². The average molecular weight is 461 g/mol. The van der Waals surface area contributed by atoms with Crippen LogP contribution in [0.15, 0.2) is 72.1 Å². The second-order valence-corrected chi connectivity index (χ2v) is 5.88. The molecule has 0 saturated heterocycles. The predicted octanol–water partition coefficient (Wildman–Crippen LogP) is 3.57. The minimum Gasteiger partial charge on any atom is -0.357 e. The Kier molecular flexibility index (Phi) is 7.65. The van der Waals surface area contributed by atoms with E-state index in [1.54, 1.807) is 7.05 Å². The number of nitrogens with one attached hydrogen (secondary N) is 2. The van der Waals surface area contributed by atoms with E-state index in [1.165, 1.54) is 11.1 Å². The molecule has 0 spiro atoms. The summed E-state index contributed by atoms with van der Waals surface area (Å²) in [6.07, 6.45) is 5.95. The number of aryl methyl sites for hydroxylation is 1. The quantitative estimate of drug-likeness (QED) is 0.347. The van der Waals surface area contributed by atoms with Gasteiger partial charge < -0.3 is 15.2 Å². The van der Waals surface area contributed by atoms with Crippen molar-refractivity contribution < 1.29 is 0 Å². The summed E-state index contributed by atoms with van der Waals surface area (Å²) in [6.45, 7) is 1.45. The van der Waals surface area contributed by atoms with Gasteiger partial charge in [-0.2, -0.15) is 0 Å². The van der Waals surface area contributed by atoms with E-state index < -0.39 is 0 Å². The third-order valence-electron chi connectivity index (χ3n) is 3.92. The summed E-state index contributed by atoms with van der Waals surface area (Å²) in [4.78, 5) is 8.69. The zero-order chi connectivity index (χ0) is 17.5. The van der Waals surface area contributed by atoms with Gasteiger partial charge in [0, 0.05) is 51.3 Å². The van der Waals surface area contributed by atoms with Crippen molar-refractivity contribution in [1.29, 1.82) is 0 Å². The number of guanidine groups is 1. The zero-order valence-corrected chi connectivity index (χ0v) is 17.3. The Morgan fingerprint density at radius 3 is 2.50 bits per heavy atom. The smallest absolute Gasteiger partial charge is 0.191 e. The summed E-state index contributed by atoms with van der Waals surface area (Å²) in [5.74, 6) is 0.784. The van der Waals surface area contributed by atoms with Crippen LogP contribution in [0.4, 0.5) is 0 Å². The number of rotatable bonds is 5. The van der Waals surface area contributed by atoms with Crippen LogP contribution in [0.3, 0.4) is 0 Å². The molecule has 3 rings (SSSR count). The van der Waals surface area contributed by atoms with E-state index >= 15 is 0 Å². The molecule has 0 unspecified atom stereocenters. The Bertz CT molecular complexity index is 842. The maximum Gasteiger partial charge on any atom is 0.191 e. The second kappa shape index (κ2) is 9.96. The van der Waals surface area contributed by atoms with Crippen LogP contribution >= 0.6 is 24.0 Å². The summed E-state index contributed by atoms with van der Waals surface area (Å²) < 4.78 is 2.04. The lowest BCUT2D eigenvalue weighted by Crippen LogP contribution is -2.36. The first-order valence-corrected chi connectivity index (χ1v) is 8.30. The highest BCUT2D eigenvalue weighted by molar-refractivity contribution is 14.0. The molecular weight excluding hydrogens is 437 g/mol. The number of hydrogen-bond donors (Lipinski definition) is 2. The highest BCUT2D eigenvalue weighted by atomic mass is 127. The lowest BCUT2D eigenvalue weighted by molar-refractivity contribution is 0.806. The number of benzene rings is 1. The van der Waals surface area contributed by atoms with Gasteiger partial charge in [0.05, 0.1) is 5.69 Å².